The molecule has 0 saturated heterocycles. The van der Waals surface area contributed by atoms with Crippen molar-refractivity contribution in [3.8, 4) is 11.5 Å². The maximum Gasteiger partial charge on any atom is 0.255 e. The number of hydrogen-bond donors (Lipinski definition) is 1. The first kappa shape index (κ1) is 16.1. The molecule has 2 aromatic rings. The zero-order valence-electron chi connectivity index (χ0n) is 13.1. The van der Waals surface area contributed by atoms with Crippen LogP contribution in [0.25, 0.3) is 0 Å². The van der Waals surface area contributed by atoms with Gasteiger partial charge in [0.2, 0.25) is 0 Å². The van der Waals surface area contributed by atoms with E-state index in [1.165, 1.54) is 0 Å². The molecule has 3 rings (SSSR count). The first-order valence-corrected chi connectivity index (χ1v) is 8.68. The predicted molar refractivity (Wildman–Crippen MR) is 98.5 cm³/mol. The Bertz CT molecular complexity index is 728. The molecule has 0 bridgehead atoms. The molecule has 1 unspecified atom stereocenters. The Kier molecular flexibility index (Phi) is 4.75. The van der Waals surface area contributed by atoms with Gasteiger partial charge in [0.05, 0.1) is 12.3 Å². The van der Waals surface area contributed by atoms with Crippen LogP contribution in [0.1, 0.15) is 29.8 Å². The van der Waals surface area contributed by atoms with E-state index in [-0.39, 0.29) is 12.0 Å². The Morgan fingerprint density at radius 1 is 1.35 bits per heavy atom. The van der Waals surface area contributed by atoms with Crippen LogP contribution in [0.15, 0.2) is 36.4 Å². The Hall–Kier alpha value is -1.76. The van der Waals surface area contributed by atoms with Crippen molar-refractivity contribution < 1.29 is 14.3 Å². The molecular weight excluding hydrogens is 405 g/mol. The maximum atomic E-state index is 12.4. The van der Waals surface area contributed by atoms with Gasteiger partial charge in [-0.3, -0.25) is 4.79 Å². The second-order valence-corrected chi connectivity index (χ2v) is 6.73. The number of rotatable bonds is 4. The van der Waals surface area contributed by atoms with Gasteiger partial charge >= 0.3 is 0 Å². The Labute approximate surface area is 149 Å². The van der Waals surface area contributed by atoms with Crippen LogP contribution < -0.4 is 14.8 Å². The van der Waals surface area contributed by atoms with E-state index >= 15 is 0 Å². The molecule has 0 radical (unpaired) electrons. The molecule has 23 heavy (non-hydrogen) atoms. The van der Waals surface area contributed by atoms with Crippen molar-refractivity contribution in [2.24, 2.45) is 0 Å². The van der Waals surface area contributed by atoms with Crippen molar-refractivity contribution in [2.75, 3.05) is 11.9 Å². The largest absolute Gasteiger partial charge is 0.492 e. The molecule has 0 aromatic heterocycles. The molecule has 0 saturated carbocycles. The second-order valence-electron chi connectivity index (χ2n) is 5.48. The lowest BCUT2D eigenvalue weighted by Crippen LogP contribution is -2.13. The van der Waals surface area contributed by atoms with Gasteiger partial charge in [-0.2, -0.15) is 0 Å². The number of carbonyl (C=O) groups is 1. The first-order valence-electron chi connectivity index (χ1n) is 7.60. The number of benzene rings is 2. The van der Waals surface area contributed by atoms with Gasteiger partial charge < -0.3 is 14.8 Å². The van der Waals surface area contributed by atoms with Gasteiger partial charge in [0.25, 0.3) is 5.91 Å². The summed E-state index contributed by atoms with van der Waals surface area (Å²) < 4.78 is 12.5. The Morgan fingerprint density at radius 3 is 2.78 bits per heavy atom. The lowest BCUT2D eigenvalue weighted by Gasteiger charge is -2.13. The minimum atomic E-state index is -0.159. The molecule has 1 heterocycles. The zero-order valence-corrected chi connectivity index (χ0v) is 15.2. The normalized spacial score (nSPS) is 15.7. The fraction of sp³-hybridized carbons (Fsp3) is 0.278. The molecule has 2 aromatic carbocycles. The van der Waals surface area contributed by atoms with E-state index in [1.54, 1.807) is 0 Å². The number of nitrogens with one attached hydrogen (secondary N) is 1. The topological polar surface area (TPSA) is 47.6 Å². The van der Waals surface area contributed by atoms with Crippen molar-refractivity contribution >= 4 is 34.2 Å². The number of anilines is 1. The van der Waals surface area contributed by atoms with Gasteiger partial charge in [0.15, 0.2) is 0 Å². The molecule has 0 fully saturated rings. The molecule has 5 heteroatoms. The minimum absolute atomic E-state index is 0.154. The average molecular weight is 423 g/mol. The van der Waals surface area contributed by atoms with Crippen molar-refractivity contribution in [3.63, 3.8) is 0 Å². The van der Waals surface area contributed by atoms with E-state index in [0.717, 1.165) is 21.3 Å². The van der Waals surface area contributed by atoms with E-state index in [2.05, 4.69) is 27.9 Å². The number of amides is 1. The summed E-state index contributed by atoms with van der Waals surface area (Å²) in [5.74, 6) is 1.34. The summed E-state index contributed by atoms with van der Waals surface area (Å²) >= 11 is 2.21. The maximum absolute atomic E-state index is 12.4. The van der Waals surface area contributed by atoms with Crippen LogP contribution in [0.3, 0.4) is 0 Å². The van der Waals surface area contributed by atoms with Crippen LogP contribution in [-0.2, 0) is 6.42 Å². The fourth-order valence-electron chi connectivity index (χ4n) is 2.61. The molecule has 0 spiro atoms. The standard InChI is InChI=1S/C18H18INO3/c1-3-22-17-9-13-8-11(2)23-16(13)10-15(17)20-18(21)12-4-6-14(19)7-5-12/h4-7,9-11H,3,8H2,1-2H3,(H,20,21). The van der Waals surface area contributed by atoms with Gasteiger partial charge in [-0.1, -0.05) is 0 Å². The second kappa shape index (κ2) is 6.78. The predicted octanol–water partition coefficient (Wildman–Crippen LogP) is 4.27. The number of fused-ring (bicyclic) bond motifs is 1. The van der Waals surface area contributed by atoms with E-state index in [0.29, 0.717) is 23.6 Å². The molecule has 1 aliphatic rings. The lowest BCUT2D eigenvalue weighted by atomic mass is 10.1. The molecule has 1 aliphatic heterocycles. The highest BCUT2D eigenvalue weighted by atomic mass is 127. The van der Waals surface area contributed by atoms with Gasteiger partial charge in [0, 0.05) is 27.2 Å². The quantitative estimate of drug-likeness (QED) is 0.748. The smallest absolute Gasteiger partial charge is 0.255 e. The van der Waals surface area contributed by atoms with Crippen LogP contribution in [-0.4, -0.2) is 18.6 Å². The third-order valence-electron chi connectivity index (χ3n) is 3.65. The first-order chi connectivity index (χ1) is 11.1. The van der Waals surface area contributed by atoms with Gasteiger partial charge in [-0.25, -0.2) is 0 Å². The third kappa shape index (κ3) is 3.60. The summed E-state index contributed by atoms with van der Waals surface area (Å²) in [4.78, 5) is 12.4. The van der Waals surface area contributed by atoms with E-state index in [9.17, 15) is 4.79 Å². The molecule has 0 aliphatic carbocycles. The third-order valence-corrected chi connectivity index (χ3v) is 4.37. The van der Waals surface area contributed by atoms with E-state index in [4.69, 9.17) is 9.47 Å². The number of ether oxygens (including phenoxy) is 2. The summed E-state index contributed by atoms with van der Waals surface area (Å²) in [6.07, 6.45) is 1.02. The monoisotopic (exact) mass is 423 g/mol. The summed E-state index contributed by atoms with van der Waals surface area (Å²) in [5.41, 5.74) is 2.37. The molecule has 1 N–H and O–H groups in total. The number of carbonyl (C=O) groups excluding carboxylic acids is 1. The van der Waals surface area contributed by atoms with Crippen molar-refractivity contribution in [2.45, 2.75) is 26.4 Å². The van der Waals surface area contributed by atoms with Crippen molar-refractivity contribution in [1.82, 2.24) is 0 Å². The van der Waals surface area contributed by atoms with Crippen molar-refractivity contribution in [1.29, 1.82) is 0 Å². The van der Waals surface area contributed by atoms with Gasteiger partial charge in [-0.15, -0.1) is 0 Å². The summed E-state index contributed by atoms with van der Waals surface area (Å²) in [6, 6.07) is 11.3. The van der Waals surface area contributed by atoms with E-state index in [1.807, 2.05) is 50.2 Å². The minimum Gasteiger partial charge on any atom is -0.492 e. The summed E-state index contributed by atoms with van der Waals surface area (Å²) in [6.45, 7) is 4.50. The van der Waals surface area contributed by atoms with Crippen LogP contribution in [0, 0.1) is 3.57 Å². The molecule has 1 atom stereocenters. The van der Waals surface area contributed by atoms with E-state index < -0.39 is 0 Å². The van der Waals surface area contributed by atoms with Crippen LogP contribution >= 0.6 is 22.6 Å². The number of hydrogen-bond acceptors (Lipinski definition) is 3. The Balaban J connectivity index is 1.88. The lowest BCUT2D eigenvalue weighted by molar-refractivity contribution is 0.102. The zero-order chi connectivity index (χ0) is 16.4. The fourth-order valence-corrected chi connectivity index (χ4v) is 2.97. The Morgan fingerprint density at radius 2 is 2.09 bits per heavy atom. The highest BCUT2D eigenvalue weighted by Crippen LogP contribution is 2.38. The highest BCUT2D eigenvalue weighted by molar-refractivity contribution is 14.1. The van der Waals surface area contributed by atoms with Gasteiger partial charge in [0.1, 0.15) is 17.6 Å². The van der Waals surface area contributed by atoms with Crippen LogP contribution in [0.5, 0.6) is 11.5 Å². The van der Waals surface area contributed by atoms with Crippen molar-refractivity contribution in [3.05, 3.63) is 51.1 Å². The summed E-state index contributed by atoms with van der Waals surface area (Å²) in [5, 5.41) is 2.93. The van der Waals surface area contributed by atoms with Crippen LogP contribution in [0.4, 0.5) is 5.69 Å². The molecule has 4 nitrogen and oxygen atoms in total. The summed E-state index contributed by atoms with van der Waals surface area (Å²) in [7, 11) is 0. The number of halogens is 1. The molecule has 1 amide bonds. The molecule has 120 valence electrons. The highest BCUT2D eigenvalue weighted by Gasteiger charge is 2.22. The van der Waals surface area contributed by atoms with Crippen LogP contribution in [0.2, 0.25) is 0 Å². The molecular formula is C18H18INO3. The SMILES string of the molecule is CCOc1cc2c(cc1NC(=O)c1ccc(I)cc1)OC(C)C2. The average Bonchev–Trinajstić information content (AvgIpc) is 2.87. The van der Waals surface area contributed by atoms with Gasteiger partial charge in [-0.05, 0) is 66.8 Å².